The molecule has 1 aliphatic carbocycles. The normalized spacial score (nSPS) is 15.1. The third-order valence-corrected chi connectivity index (χ3v) is 2.33. The van der Waals surface area contributed by atoms with Crippen molar-refractivity contribution >= 4 is 22.6 Å². The fraction of sp³-hybridized carbons (Fsp3) is 0.333. The molecule has 0 saturated heterocycles. The quantitative estimate of drug-likeness (QED) is 0.782. The highest BCUT2D eigenvalue weighted by Crippen LogP contribution is 2.28. The van der Waals surface area contributed by atoms with Gasteiger partial charge in [-0.05, 0) is 41.5 Å². The van der Waals surface area contributed by atoms with E-state index in [0.717, 1.165) is 16.4 Å². The molecule has 0 spiro atoms. The van der Waals surface area contributed by atoms with Gasteiger partial charge in [0.05, 0.1) is 6.10 Å². The van der Waals surface area contributed by atoms with Crippen molar-refractivity contribution in [3.63, 3.8) is 0 Å². The molecule has 3 nitrogen and oxygen atoms in total. The van der Waals surface area contributed by atoms with Gasteiger partial charge in [0.15, 0.2) is 11.4 Å². The van der Waals surface area contributed by atoms with E-state index in [9.17, 15) is 0 Å². The number of pyridine rings is 1. The first-order valence-corrected chi connectivity index (χ1v) is 5.10. The van der Waals surface area contributed by atoms with E-state index in [4.69, 9.17) is 10.00 Å². The first-order valence-electron chi connectivity index (χ1n) is 4.02. The van der Waals surface area contributed by atoms with Crippen LogP contribution in [0.3, 0.4) is 0 Å². The summed E-state index contributed by atoms with van der Waals surface area (Å²) in [6, 6.07) is 3.87. The van der Waals surface area contributed by atoms with Crippen LogP contribution >= 0.6 is 22.6 Å². The molecule has 13 heavy (non-hydrogen) atoms. The number of ether oxygens (including phenoxy) is 1. The summed E-state index contributed by atoms with van der Waals surface area (Å²) >= 11 is 2.15. The van der Waals surface area contributed by atoms with E-state index in [1.807, 2.05) is 12.1 Å². The first-order chi connectivity index (χ1) is 6.29. The Morgan fingerprint density at radius 1 is 1.62 bits per heavy atom. The molecule has 1 saturated carbocycles. The molecule has 1 aromatic heterocycles. The second-order valence-corrected chi connectivity index (χ2v) is 4.17. The molecule has 0 amide bonds. The van der Waals surface area contributed by atoms with E-state index in [-0.39, 0.29) is 0 Å². The van der Waals surface area contributed by atoms with Gasteiger partial charge in [0.1, 0.15) is 6.07 Å². The maximum Gasteiger partial charge on any atom is 0.182 e. The Bertz CT molecular complexity index is 368. The average Bonchev–Trinajstić information content (AvgIpc) is 2.89. The lowest BCUT2D eigenvalue weighted by Gasteiger charge is -2.05. The summed E-state index contributed by atoms with van der Waals surface area (Å²) in [7, 11) is 0. The van der Waals surface area contributed by atoms with Crippen molar-refractivity contribution in [2.24, 2.45) is 0 Å². The van der Waals surface area contributed by atoms with Gasteiger partial charge in [0, 0.05) is 9.77 Å². The number of halogens is 1. The smallest absolute Gasteiger partial charge is 0.182 e. The summed E-state index contributed by atoms with van der Waals surface area (Å²) in [5, 5.41) is 8.75. The van der Waals surface area contributed by atoms with Crippen molar-refractivity contribution in [3.8, 4) is 11.8 Å². The van der Waals surface area contributed by atoms with E-state index in [1.165, 1.54) is 0 Å². The zero-order chi connectivity index (χ0) is 9.26. The van der Waals surface area contributed by atoms with Crippen LogP contribution in [-0.4, -0.2) is 11.1 Å². The SMILES string of the molecule is N#Cc1ncc(I)cc1OC1CC1. The summed E-state index contributed by atoms with van der Waals surface area (Å²) in [6.07, 6.45) is 4.16. The van der Waals surface area contributed by atoms with Crippen molar-refractivity contribution < 1.29 is 4.74 Å². The molecule has 4 heteroatoms. The maximum absolute atomic E-state index is 8.75. The third kappa shape index (κ3) is 2.10. The van der Waals surface area contributed by atoms with Crippen molar-refractivity contribution in [1.82, 2.24) is 4.98 Å². The van der Waals surface area contributed by atoms with E-state index in [2.05, 4.69) is 27.6 Å². The van der Waals surface area contributed by atoms with Gasteiger partial charge in [-0.25, -0.2) is 4.98 Å². The van der Waals surface area contributed by atoms with Gasteiger partial charge < -0.3 is 4.74 Å². The highest BCUT2D eigenvalue weighted by molar-refractivity contribution is 14.1. The van der Waals surface area contributed by atoms with Crippen LogP contribution in [0.2, 0.25) is 0 Å². The molecule has 0 bridgehead atoms. The molecule has 1 aromatic rings. The molecular weight excluding hydrogens is 279 g/mol. The van der Waals surface area contributed by atoms with Crippen LogP contribution in [0.25, 0.3) is 0 Å². The fourth-order valence-corrected chi connectivity index (χ4v) is 1.38. The van der Waals surface area contributed by atoms with Crippen LogP contribution in [0.15, 0.2) is 12.3 Å². The van der Waals surface area contributed by atoms with Crippen molar-refractivity contribution in [2.45, 2.75) is 18.9 Å². The van der Waals surface area contributed by atoms with Gasteiger partial charge in [-0.3, -0.25) is 0 Å². The number of hydrogen-bond donors (Lipinski definition) is 0. The summed E-state index contributed by atoms with van der Waals surface area (Å²) in [6.45, 7) is 0. The van der Waals surface area contributed by atoms with Crippen LogP contribution in [0.4, 0.5) is 0 Å². The molecule has 0 N–H and O–H groups in total. The minimum Gasteiger partial charge on any atom is -0.487 e. The second kappa shape index (κ2) is 3.50. The largest absolute Gasteiger partial charge is 0.487 e. The average molecular weight is 286 g/mol. The molecule has 1 heterocycles. The van der Waals surface area contributed by atoms with Gasteiger partial charge in [-0.2, -0.15) is 5.26 Å². The van der Waals surface area contributed by atoms with Crippen molar-refractivity contribution in [1.29, 1.82) is 5.26 Å². The number of nitrogens with zero attached hydrogens (tertiary/aromatic N) is 2. The van der Waals surface area contributed by atoms with Gasteiger partial charge >= 0.3 is 0 Å². The van der Waals surface area contributed by atoms with Gasteiger partial charge in [0.25, 0.3) is 0 Å². The van der Waals surface area contributed by atoms with Crippen LogP contribution < -0.4 is 4.74 Å². The minimum atomic E-state index is 0.312. The lowest BCUT2D eigenvalue weighted by molar-refractivity contribution is 0.300. The molecule has 0 radical (unpaired) electrons. The van der Waals surface area contributed by atoms with E-state index < -0.39 is 0 Å². The van der Waals surface area contributed by atoms with E-state index in [1.54, 1.807) is 6.20 Å². The number of rotatable bonds is 2. The summed E-state index contributed by atoms with van der Waals surface area (Å²) in [5.74, 6) is 0.622. The zero-order valence-corrected chi connectivity index (χ0v) is 8.98. The predicted octanol–water partition coefficient (Wildman–Crippen LogP) is 2.10. The monoisotopic (exact) mass is 286 g/mol. The summed E-state index contributed by atoms with van der Waals surface area (Å²) in [5.41, 5.74) is 0.382. The van der Waals surface area contributed by atoms with Gasteiger partial charge in [0.2, 0.25) is 0 Å². The van der Waals surface area contributed by atoms with Crippen LogP contribution in [0.1, 0.15) is 18.5 Å². The molecule has 0 aromatic carbocycles. The summed E-state index contributed by atoms with van der Waals surface area (Å²) < 4.78 is 6.53. The third-order valence-electron chi connectivity index (χ3n) is 1.74. The minimum absolute atomic E-state index is 0.312. The molecule has 1 fully saturated rings. The van der Waals surface area contributed by atoms with E-state index >= 15 is 0 Å². The predicted molar refractivity (Wildman–Crippen MR) is 55.3 cm³/mol. The van der Waals surface area contributed by atoms with Gasteiger partial charge in [-0.15, -0.1) is 0 Å². The number of aromatic nitrogens is 1. The molecule has 66 valence electrons. The van der Waals surface area contributed by atoms with Gasteiger partial charge in [-0.1, -0.05) is 0 Å². The van der Waals surface area contributed by atoms with Crippen LogP contribution in [-0.2, 0) is 0 Å². The lowest BCUT2D eigenvalue weighted by atomic mass is 10.3. The van der Waals surface area contributed by atoms with E-state index in [0.29, 0.717) is 17.5 Å². The Morgan fingerprint density at radius 2 is 2.38 bits per heavy atom. The van der Waals surface area contributed by atoms with Crippen LogP contribution in [0, 0.1) is 14.9 Å². The fourth-order valence-electron chi connectivity index (χ4n) is 0.960. The zero-order valence-electron chi connectivity index (χ0n) is 6.83. The molecular formula is C9H7IN2O. The Hall–Kier alpha value is -0.830. The molecule has 0 unspecified atom stereocenters. The molecule has 2 rings (SSSR count). The Morgan fingerprint density at radius 3 is 3.00 bits per heavy atom. The molecule has 0 aliphatic heterocycles. The highest BCUT2D eigenvalue weighted by atomic mass is 127. The second-order valence-electron chi connectivity index (χ2n) is 2.93. The van der Waals surface area contributed by atoms with Crippen molar-refractivity contribution in [3.05, 3.63) is 21.5 Å². The highest BCUT2D eigenvalue weighted by Gasteiger charge is 2.24. The first kappa shape index (κ1) is 8.75. The standard InChI is InChI=1S/C9H7IN2O/c10-6-3-9(13-7-1-2-7)8(4-11)12-5-6/h3,5,7H,1-2H2. The number of hydrogen-bond acceptors (Lipinski definition) is 3. The Kier molecular flexibility index (Phi) is 2.36. The topological polar surface area (TPSA) is 45.9 Å². The maximum atomic E-state index is 8.75. The molecule has 1 aliphatic rings. The molecule has 0 atom stereocenters. The van der Waals surface area contributed by atoms with Crippen molar-refractivity contribution in [2.75, 3.05) is 0 Å². The Balaban J connectivity index is 2.29. The van der Waals surface area contributed by atoms with Crippen LogP contribution in [0.5, 0.6) is 5.75 Å². The number of nitriles is 1. The Labute approximate surface area is 89.9 Å². The lowest BCUT2D eigenvalue weighted by Crippen LogP contribution is -2.00. The summed E-state index contributed by atoms with van der Waals surface area (Å²) in [4.78, 5) is 3.98.